The molecule has 2 unspecified atom stereocenters. The summed E-state index contributed by atoms with van der Waals surface area (Å²) in [7, 11) is 0. The lowest BCUT2D eigenvalue weighted by Crippen LogP contribution is -2.22. The molecule has 0 saturated carbocycles. The highest BCUT2D eigenvalue weighted by atomic mass is 79.9. The largest absolute Gasteiger partial charge is 0.327 e. The van der Waals surface area contributed by atoms with E-state index in [0.717, 1.165) is 0 Å². The van der Waals surface area contributed by atoms with Crippen molar-refractivity contribution in [3.05, 3.63) is 33.8 Å². The van der Waals surface area contributed by atoms with Crippen LogP contribution in [-0.4, -0.2) is 6.04 Å². The highest BCUT2D eigenvalue weighted by molar-refractivity contribution is 9.10. The Hall–Kier alpha value is -0.340. The third-order valence-corrected chi connectivity index (χ3v) is 3.64. The second kappa shape index (κ2) is 3.43. The van der Waals surface area contributed by atoms with Crippen LogP contribution in [-0.2, 0) is 6.42 Å². The first-order valence-electron chi connectivity index (χ1n) is 4.73. The van der Waals surface area contributed by atoms with Crippen molar-refractivity contribution in [2.24, 2.45) is 5.73 Å². The topological polar surface area (TPSA) is 26.0 Å². The first-order chi connectivity index (χ1) is 6.20. The molecule has 0 aliphatic heterocycles. The Bertz CT molecular complexity index is 320. The summed E-state index contributed by atoms with van der Waals surface area (Å²) >= 11 is 3.58. The molecule has 70 valence electrons. The summed E-state index contributed by atoms with van der Waals surface area (Å²) in [5.41, 5.74) is 8.86. The van der Waals surface area contributed by atoms with Crippen LogP contribution >= 0.6 is 15.9 Å². The number of halogens is 1. The number of nitrogens with two attached hydrogens (primary N) is 1. The standard InChI is InChI=1S/C11H14BrN/c1-7(13)8-5-6-10-9(8)3-2-4-11(10)12/h2-4,7-8H,5-6,13H2,1H3. The van der Waals surface area contributed by atoms with Gasteiger partial charge in [-0.05, 0) is 42.9 Å². The Morgan fingerprint density at radius 1 is 1.54 bits per heavy atom. The third-order valence-electron chi connectivity index (χ3n) is 2.89. The zero-order chi connectivity index (χ0) is 9.42. The van der Waals surface area contributed by atoms with Crippen molar-refractivity contribution in [3.8, 4) is 0 Å². The molecule has 13 heavy (non-hydrogen) atoms. The van der Waals surface area contributed by atoms with Crippen LogP contribution in [0, 0.1) is 0 Å². The van der Waals surface area contributed by atoms with Crippen molar-refractivity contribution in [1.29, 1.82) is 0 Å². The van der Waals surface area contributed by atoms with E-state index in [1.165, 1.54) is 28.4 Å². The fraction of sp³-hybridized carbons (Fsp3) is 0.455. The molecule has 1 aromatic rings. The smallest absolute Gasteiger partial charge is 0.0210 e. The number of fused-ring (bicyclic) bond motifs is 1. The monoisotopic (exact) mass is 239 g/mol. The second-order valence-electron chi connectivity index (χ2n) is 3.81. The van der Waals surface area contributed by atoms with Gasteiger partial charge in [-0.15, -0.1) is 0 Å². The number of benzene rings is 1. The van der Waals surface area contributed by atoms with Crippen molar-refractivity contribution >= 4 is 15.9 Å². The van der Waals surface area contributed by atoms with E-state index < -0.39 is 0 Å². The average Bonchev–Trinajstić information content (AvgIpc) is 2.48. The van der Waals surface area contributed by atoms with E-state index in [9.17, 15) is 0 Å². The molecule has 0 fully saturated rings. The molecule has 1 aliphatic carbocycles. The van der Waals surface area contributed by atoms with Gasteiger partial charge in [-0.1, -0.05) is 28.1 Å². The Morgan fingerprint density at radius 3 is 3.00 bits per heavy atom. The molecule has 0 saturated heterocycles. The lowest BCUT2D eigenvalue weighted by Gasteiger charge is -2.15. The first-order valence-corrected chi connectivity index (χ1v) is 5.52. The van der Waals surface area contributed by atoms with Crippen LogP contribution in [0.25, 0.3) is 0 Å². The van der Waals surface area contributed by atoms with Gasteiger partial charge in [0.05, 0.1) is 0 Å². The molecule has 2 atom stereocenters. The predicted octanol–water partition coefficient (Wildman–Crippen LogP) is 2.83. The van der Waals surface area contributed by atoms with Gasteiger partial charge in [-0.3, -0.25) is 0 Å². The maximum Gasteiger partial charge on any atom is 0.0210 e. The maximum absolute atomic E-state index is 5.95. The van der Waals surface area contributed by atoms with Crippen molar-refractivity contribution in [2.45, 2.75) is 31.7 Å². The van der Waals surface area contributed by atoms with Gasteiger partial charge in [-0.25, -0.2) is 0 Å². The second-order valence-corrected chi connectivity index (χ2v) is 4.67. The molecule has 2 N–H and O–H groups in total. The Morgan fingerprint density at radius 2 is 2.31 bits per heavy atom. The number of hydrogen-bond donors (Lipinski definition) is 1. The highest BCUT2D eigenvalue weighted by Gasteiger charge is 2.26. The summed E-state index contributed by atoms with van der Waals surface area (Å²) in [6.45, 7) is 2.10. The van der Waals surface area contributed by atoms with Crippen LogP contribution in [0.15, 0.2) is 22.7 Å². The molecule has 2 rings (SSSR count). The summed E-state index contributed by atoms with van der Waals surface area (Å²) in [5.74, 6) is 0.562. The van der Waals surface area contributed by atoms with E-state index in [4.69, 9.17) is 5.73 Å². The predicted molar refractivity (Wildman–Crippen MR) is 58.9 cm³/mol. The van der Waals surface area contributed by atoms with E-state index in [-0.39, 0.29) is 6.04 Å². The molecule has 0 bridgehead atoms. The van der Waals surface area contributed by atoms with Gasteiger partial charge in [-0.2, -0.15) is 0 Å². The van der Waals surface area contributed by atoms with Gasteiger partial charge in [0.1, 0.15) is 0 Å². The Labute approximate surface area is 87.5 Å². The van der Waals surface area contributed by atoms with Crippen LogP contribution in [0.5, 0.6) is 0 Å². The Kier molecular flexibility index (Phi) is 2.43. The Balaban J connectivity index is 2.43. The van der Waals surface area contributed by atoms with Crippen molar-refractivity contribution in [1.82, 2.24) is 0 Å². The highest BCUT2D eigenvalue weighted by Crippen LogP contribution is 2.38. The summed E-state index contributed by atoms with van der Waals surface area (Å²) in [5, 5.41) is 0. The van der Waals surface area contributed by atoms with Crippen LogP contribution < -0.4 is 5.73 Å². The quantitative estimate of drug-likeness (QED) is 0.802. The molecular formula is C11H14BrN. The molecule has 0 heterocycles. The summed E-state index contributed by atoms with van der Waals surface area (Å²) < 4.78 is 1.24. The molecule has 1 nitrogen and oxygen atoms in total. The van der Waals surface area contributed by atoms with Crippen LogP contribution in [0.1, 0.15) is 30.4 Å². The van der Waals surface area contributed by atoms with Crippen molar-refractivity contribution in [3.63, 3.8) is 0 Å². The molecule has 2 heteroatoms. The molecule has 0 amide bonds. The molecular weight excluding hydrogens is 226 g/mol. The maximum atomic E-state index is 5.95. The lowest BCUT2D eigenvalue weighted by molar-refractivity contribution is 0.564. The first kappa shape index (κ1) is 9.22. The van der Waals surface area contributed by atoms with Crippen LogP contribution in [0.3, 0.4) is 0 Å². The van der Waals surface area contributed by atoms with Gasteiger partial charge in [0, 0.05) is 10.5 Å². The summed E-state index contributed by atoms with van der Waals surface area (Å²) in [6.07, 6.45) is 2.37. The van der Waals surface area contributed by atoms with Crippen molar-refractivity contribution < 1.29 is 0 Å². The molecule has 1 aromatic carbocycles. The average molecular weight is 240 g/mol. The molecule has 1 aliphatic rings. The third kappa shape index (κ3) is 1.53. The van der Waals surface area contributed by atoms with Gasteiger partial charge in [0.15, 0.2) is 0 Å². The van der Waals surface area contributed by atoms with Gasteiger partial charge >= 0.3 is 0 Å². The number of hydrogen-bond acceptors (Lipinski definition) is 1. The SMILES string of the molecule is CC(N)C1CCc2c(Br)cccc21. The van der Waals surface area contributed by atoms with Gasteiger partial charge in [0.2, 0.25) is 0 Å². The summed E-state index contributed by atoms with van der Waals surface area (Å²) in [4.78, 5) is 0. The molecule has 0 radical (unpaired) electrons. The molecule has 0 spiro atoms. The van der Waals surface area contributed by atoms with Crippen LogP contribution in [0.2, 0.25) is 0 Å². The summed E-state index contributed by atoms with van der Waals surface area (Å²) in [6, 6.07) is 6.70. The van der Waals surface area contributed by atoms with E-state index in [1.54, 1.807) is 0 Å². The lowest BCUT2D eigenvalue weighted by atomic mass is 9.95. The van der Waals surface area contributed by atoms with E-state index in [2.05, 4.69) is 41.1 Å². The minimum atomic E-state index is 0.274. The van der Waals surface area contributed by atoms with E-state index >= 15 is 0 Å². The fourth-order valence-electron chi connectivity index (χ4n) is 2.19. The zero-order valence-corrected chi connectivity index (χ0v) is 9.34. The van der Waals surface area contributed by atoms with Crippen molar-refractivity contribution in [2.75, 3.05) is 0 Å². The normalized spacial score (nSPS) is 22.8. The minimum Gasteiger partial charge on any atom is -0.327 e. The zero-order valence-electron chi connectivity index (χ0n) is 7.76. The molecule has 0 aromatic heterocycles. The fourth-order valence-corrected chi connectivity index (χ4v) is 2.77. The minimum absolute atomic E-state index is 0.274. The van der Waals surface area contributed by atoms with E-state index in [1.807, 2.05) is 0 Å². The van der Waals surface area contributed by atoms with Gasteiger partial charge < -0.3 is 5.73 Å². The van der Waals surface area contributed by atoms with Crippen LogP contribution in [0.4, 0.5) is 0 Å². The number of rotatable bonds is 1. The van der Waals surface area contributed by atoms with E-state index in [0.29, 0.717) is 5.92 Å². The van der Waals surface area contributed by atoms with Gasteiger partial charge in [0.25, 0.3) is 0 Å².